The molecule has 1 saturated carbocycles. The Morgan fingerprint density at radius 2 is 1.89 bits per heavy atom. The molecule has 4 heteroatoms. The number of anilines is 1. The lowest BCUT2D eigenvalue weighted by molar-refractivity contribution is 0.0698. The van der Waals surface area contributed by atoms with E-state index in [1.165, 1.54) is 6.42 Å². The molecule has 1 aliphatic carbocycles. The van der Waals surface area contributed by atoms with E-state index in [9.17, 15) is 9.90 Å². The molecule has 1 aliphatic rings. The number of carboxylic acid groups (broad SMARTS) is 1. The van der Waals surface area contributed by atoms with E-state index in [2.05, 4.69) is 19.2 Å². The summed E-state index contributed by atoms with van der Waals surface area (Å²) in [5, 5.41) is 12.9. The molecule has 104 valence electrons. The van der Waals surface area contributed by atoms with E-state index in [1.54, 1.807) is 18.2 Å². The highest BCUT2D eigenvalue weighted by Gasteiger charge is 2.25. The van der Waals surface area contributed by atoms with Gasteiger partial charge in [0.25, 0.3) is 0 Å². The zero-order chi connectivity index (χ0) is 14.0. The normalized spacial score (nSPS) is 27.0. The molecule has 19 heavy (non-hydrogen) atoms. The molecule has 0 radical (unpaired) electrons. The Bertz CT molecular complexity index is 465. The van der Waals surface area contributed by atoms with E-state index in [0.717, 1.165) is 12.8 Å². The molecule has 2 unspecified atom stereocenters. The van der Waals surface area contributed by atoms with Gasteiger partial charge >= 0.3 is 5.97 Å². The van der Waals surface area contributed by atoms with Crippen LogP contribution >= 0.6 is 11.6 Å². The number of halogens is 1. The van der Waals surface area contributed by atoms with Gasteiger partial charge in [0.2, 0.25) is 0 Å². The van der Waals surface area contributed by atoms with E-state index in [1.807, 2.05) is 0 Å². The standard InChI is InChI=1S/C15H20ClNO2/c1-9-6-10(2)8-11(7-9)17-13-5-3-4-12(16)14(13)15(18)19/h3-5,9-11,17H,6-8H2,1-2H3,(H,18,19). The van der Waals surface area contributed by atoms with Crippen LogP contribution in [0.2, 0.25) is 5.02 Å². The topological polar surface area (TPSA) is 49.3 Å². The van der Waals surface area contributed by atoms with Gasteiger partial charge in [-0.05, 0) is 43.2 Å². The third kappa shape index (κ3) is 3.41. The van der Waals surface area contributed by atoms with Crippen molar-refractivity contribution >= 4 is 23.3 Å². The highest BCUT2D eigenvalue weighted by Crippen LogP contribution is 2.32. The van der Waals surface area contributed by atoms with Crippen LogP contribution in [0, 0.1) is 11.8 Å². The molecule has 0 bridgehead atoms. The number of nitrogens with one attached hydrogen (secondary N) is 1. The molecule has 0 aromatic heterocycles. The average Bonchev–Trinajstić information content (AvgIpc) is 2.26. The van der Waals surface area contributed by atoms with Gasteiger partial charge in [-0.15, -0.1) is 0 Å². The molecule has 2 atom stereocenters. The fourth-order valence-electron chi connectivity index (χ4n) is 3.15. The Labute approximate surface area is 119 Å². The van der Waals surface area contributed by atoms with E-state index in [0.29, 0.717) is 23.6 Å². The summed E-state index contributed by atoms with van der Waals surface area (Å²) in [5.74, 6) is 0.368. The van der Waals surface area contributed by atoms with Gasteiger partial charge in [0.15, 0.2) is 0 Å². The molecule has 0 aliphatic heterocycles. The summed E-state index contributed by atoms with van der Waals surface area (Å²) < 4.78 is 0. The molecule has 2 rings (SSSR count). The minimum Gasteiger partial charge on any atom is -0.478 e. The lowest BCUT2D eigenvalue weighted by atomic mass is 9.80. The summed E-state index contributed by atoms with van der Waals surface area (Å²) in [6.45, 7) is 4.50. The van der Waals surface area contributed by atoms with Gasteiger partial charge in [0.1, 0.15) is 5.56 Å². The van der Waals surface area contributed by atoms with Crippen LogP contribution in [0.15, 0.2) is 18.2 Å². The maximum Gasteiger partial charge on any atom is 0.339 e. The first-order chi connectivity index (χ1) is 8.97. The molecular weight excluding hydrogens is 262 g/mol. The summed E-state index contributed by atoms with van der Waals surface area (Å²) in [6, 6.07) is 5.52. The summed E-state index contributed by atoms with van der Waals surface area (Å²) in [7, 11) is 0. The Morgan fingerprint density at radius 3 is 2.47 bits per heavy atom. The first-order valence-corrected chi connectivity index (χ1v) is 7.13. The number of carbonyl (C=O) groups is 1. The number of hydrogen-bond donors (Lipinski definition) is 2. The second kappa shape index (κ2) is 5.83. The quantitative estimate of drug-likeness (QED) is 0.870. The van der Waals surface area contributed by atoms with Crippen LogP contribution < -0.4 is 5.32 Å². The van der Waals surface area contributed by atoms with Crippen LogP contribution in [0.1, 0.15) is 43.5 Å². The first kappa shape index (κ1) is 14.2. The molecule has 1 aromatic carbocycles. The number of carboxylic acids is 1. The van der Waals surface area contributed by atoms with Gasteiger partial charge in [-0.3, -0.25) is 0 Å². The van der Waals surface area contributed by atoms with Crippen molar-refractivity contribution < 1.29 is 9.90 Å². The van der Waals surface area contributed by atoms with Crippen LogP contribution in [-0.4, -0.2) is 17.1 Å². The van der Waals surface area contributed by atoms with E-state index < -0.39 is 5.97 Å². The fourth-order valence-corrected chi connectivity index (χ4v) is 3.40. The van der Waals surface area contributed by atoms with Crippen molar-refractivity contribution in [3.63, 3.8) is 0 Å². The highest BCUT2D eigenvalue weighted by atomic mass is 35.5. The second-order valence-corrected chi connectivity index (χ2v) is 6.13. The molecule has 0 heterocycles. The third-order valence-electron chi connectivity index (χ3n) is 3.77. The average molecular weight is 282 g/mol. The van der Waals surface area contributed by atoms with Crippen molar-refractivity contribution in [3.8, 4) is 0 Å². The molecule has 1 aromatic rings. The first-order valence-electron chi connectivity index (χ1n) is 6.75. The van der Waals surface area contributed by atoms with E-state index in [4.69, 9.17) is 11.6 Å². The van der Waals surface area contributed by atoms with Crippen molar-refractivity contribution in [1.82, 2.24) is 0 Å². The summed E-state index contributed by atoms with van der Waals surface area (Å²) >= 11 is 5.98. The molecule has 0 amide bonds. The largest absolute Gasteiger partial charge is 0.478 e. The summed E-state index contributed by atoms with van der Waals surface area (Å²) in [5.41, 5.74) is 0.807. The smallest absolute Gasteiger partial charge is 0.339 e. The third-order valence-corrected chi connectivity index (χ3v) is 4.08. The maximum absolute atomic E-state index is 11.3. The van der Waals surface area contributed by atoms with Gasteiger partial charge in [-0.2, -0.15) is 0 Å². The Hall–Kier alpha value is -1.22. The van der Waals surface area contributed by atoms with Gasteiger partial charge in [0, 0.05) is 6.04 Å². The number of aromatic carboxylic acids is 1. The molecule has 2 N–H and O–H groups in total. The fraction of sp³-hybridized carbons (Fsp3) is 0.533. The van der Waals surface area contributed by atoms with Crippen molar-refractivity contribution in [2.45, 2.75) is 39.2 Å². The Balaban J connectivity index is 2.19. The number of benzene rings is 1. The Kier molecular flexibility index (Phi) is 4.35. The Morgan fingerprint density at radius 1 is 1.26 bits per heavy atom. The minimum absolute atomic E-state index is 0.176. The highest BCUT2D eigenvalue weighted by molar-refractivity contribution is 6.34. The van der Waals surface area contributed by atoms with Crippen molar-refractivity contribution in [2.24, 2.45) is 11.8 Å². The lowest BCUT2D eigenvalue weighted by Gasteiger charge is -2.33. The number of rotatable bonds is 3. The second-order valence-electron chi connectivity index (χ2n) is 5.73. The maximum atomic E-state index is 11.3. The van der Waals surface area contributed by atoms with Crippen LogP contribution in [0.3, 0.4) is 0 Å². The van der Waals surface area contributed by atoms with Crippen molar-refractivity contribution in [3.05, 3.63) is 28.8 Å². The SMILES string of the molecule is CC1CC(C)CC(Nc2cccc(Cl)c2C(=O)O)C1. The summed E-state index contributed by atoms with van der Waals surface area (Å²) in [6.07, 6.45) is 3.41. The zero-order valence-corrected chi connectivity index (χ0v) is 12.1. The van der Waals surface area contributed by atoms with Gasteiger partial charge in [0.05, 0.1) is 10.7 Å². The van der Waals surface area contributed by atoms with Crippen LogP contribution in [0.25, 0.3) is 0 Å². The van der Waals surface area contributed by atoms with Gasteiger partial charge < -0.3 is 10.4 Å². The van der Waals surface area contributed by atoms with Crippen LogP contribution in [0.4, 0.5) is 5.69 Å². The van der Waals surface area contributed by atoms with Crippen molar-refractivity contribution in [2.75, 3.05) is 5.32 Å². The van der Waals surface area contributed by atoms with Crippen LogP contribution in [0.5, 0.6) is 0 Å². The molecular formula is C15H20ClNO2. The molecule has 0 spiro atoms. The van der Waals surface area contributed by atoms with Gasteiger partial charge in [-0.1, -0.05) is 31.5 Å². The predicted octanol–water partition coefficient (Wildman–Crippen LogP) is 4.27. The van der Waals surface area contributed by atoms with E-state index in [-0.39, 0.29) is 10.6 Å². The molecule has 0 saturated heterocycles. The zero-order valence-electron chi connectivity index (χ0n) is 11.3. The van der Waals surface area contributed by atoms with Crippen LogP contribution in [-0.2, 0) is 0 Å². The monoisotopic (exact) mass is 281 g/mol. The minimum atomic E-state index is -0.981. The van der Waals surface area contributed by atoms with E-state index >= 15 is 0 Å². The number of hydrogen-bond acceptors (Lipinski definition) is 2. The van der Waals surface area contributed by atoms with Crippen molar-refractivity contribution in [1.29, 1.82) is 0 Å². The lowest BCUT2D eigenvalue weighted by Crippen LogP contribution is -2.30. The molecule has 3 nitrogen and oxygen atoms in total. The molecule has 1 fully saturated rings. The summed E-state index contributed by atoms with van der Waals surface area (Å²) in [4.78, 5) is 11.3. The van der Waals surface area contributed by atoms with Gasteiger partial charge in [-0.25, -0.2) is 4.79 Å². The predicted molar refractivity (Wildman–Crippen MR) is 78.0 cm³/mol.